The van der Waals surface area contributed by atoms with Crippen LogP contribution in [0.4, 0.5) is 0 Å². The van der Waals surface area contributed by atoms with E-state index in [0.29, 0.717) is 0 Å². The Hall–Kier alpha value is -1.79. The van der Waals surface area contributed by atoms with E-state index in [0.717, 1.165) is 6.29 Å². The molecule has 0 aromatic heterocycles. The van der Waals surface area contributed by atoms with Gasteiger partial charge in [-0.15, -0.1) is 10.1 Å². The van der Waals surface area contributed by atoms with Crippen LogP contribution in [0.5, 0.6) is 0 Å². The molecule has 0 aromatic carbocycles. The zero-order valence-electron chi connectivity index (χ0n) is 5.67. The molecule has 7 nitrogen and oxygen atoms in total. The Morgan fingerprint density at radius 3 is 1.36 bits per heavy atom. The van der Waals surface area contributed by atoms with Crippen LogP contribution in [-0.4, -0.2) is 29.2 Å². The molecule has 0 aliphatic rings. The van der Waals surface area contributed by atoms with Crippen molar-refractivity contribution in [1.82, 2.24) is 0 Å². The first kappa shape index (κ1) is 16.1. The van der Waals surface area contributed by atoms with Crippen molar-refractivity contribution >= 4 is 18.9 Å². The Morgan fingerprint density at radius 2 is 1.36 bits per heavy atom. The van der Waals surface area contributed by atoms with Crippen molar-refractivity contribution in [2.24, 2.45) is 0 Å². The van der Waals surface area contributed by atoms with Crippen LogP contribution in [0.25, 0.3) is 0 Å². The molecule has 0 bridgehead atoms. The van der Waals surface area contributed by atoms with Crippen LogP contribution in [0.2, 0.25) is 0 Å². The standard InChI is InChI=1S/C2H2O2.C2H4O.HNO3/c3-1-2-4;1-2-3;2-1(3)4/h1-2H;2H,1H3;(H,2,3,4). The molecule has 7 heteroatoms. The lowest BCUT2D eigenvalue weighted by atomic mass is 10.9. The summed E-state index contributed by atoms with van der Waals surface area (Å²) in [7, 11) is 0. The summed E-state index contributed by atoms with van der Waals surface area (Å²) >= 11 is 0. The van der Waals surface area contributed by atoms with Gasteiger partial charge in [0.2, 0.25) is 0 Å². The molecule has 0 saturated heterocycles. The number of nitrogens with zero attached hydrogens (tertiary/aromatic N) is 1. The Kier molecular flexibility index (Phi) is 35.2. The molecule has 0 amide bonds. The largest absolute Gasteiger partial charge is 0.328 e. The summed E-state index contributed by atoms with van der Waals surface area (Å²) in [6, 6.07) is 0. The van der Waals surface area contributed by atoms with Crippen molar-refractivity contribution in [3.8, 4) is 0 Å². The molecule has 1 N–H and O–H groups in total. The molecule has 0 aliphatic heterocycles. The third-order valence-corrected chi connectivity index (χ3v) is 0.0556. The molecule has 0 saturated carbocycles. The van der Waals surface area contributed by atoms with Crippen molar-refractivity contribution in [2.45, 2.75) is 6.92 Å². The summed E-state index contributed by atoms with van der Waals surface area (Å²) in [4.78, 5) is 34.8. The van der Waals surface area contributed by atoms with Crippen LogP contribution in [0.3, 0.4) is 0 Å². The highest BCUT2D eigenvalue weighted by Crippen LogP contribution is 1.38. The maximum Gasteiger partial charge on any atom is 0.291 e. The third kappa shape index (κ3) is 507. The normalized spacial score (nSPS) is 5.18. The number of aldehydes is 3. The van der Waals surface area contributed by atoms with Crippen LogP contribution in [0, 0.1) is 10.1 Å². The molecule has 0 rings (SSSR count). The van der Waals surface area contributed by atoms with E-state index < -0.39 is 5.09 Å². The first-order valence-corrected chi connectivity index (χ1v) is 2.18. The van der Waals surface area contributed by atoms with E-state index in [1.54, 1.807) is 0 Å². The van der Waals surface area contributed by atoms with Gasteiger partial charge >= 0.3 is 0 Å². The van der Waals surface area contributed by atoms with E-state index in [-0.39, 0.29) is 12.6 Å². The minimum absolute atomic E-state index is 0.194. The van der Waals surface area contributed by atoms with Crippen molar-refractivity contribution < 1.29 is 24.7 Å². The molecule has 0 aliphatic carbocycles. The summed E-state index contributed by atoms with van der Waals surface area (Å²) in [6.45, 7) is 1.44. The zero-order valence-corrected chi connectivity index (χ0v) is 5.67. The van der Waals surface area contributed by atoms with Gasteiger partial charge in [-0.3, -0.25) is 9.59 Å². The molecule has 0 radical (unpaired) electrons. The summed E-state index contributed by atoms with van der Waals surface area (Å²) in [6.07, 6.45) is 1.14. The fourth-order valence-electron chi connectivity index (χ4n) is 0. The molecule has 0 unspecified atom stereocenters. The highest BCUT2D eigenvalue weighted by molar-refractivity contribution is 6.09. The number of carbonyl (C=O) groups is 3. The fourth-order valence-corrected chi connectivity index (χ4v) is 0. The molecule has 0 atom stereocenters. The van der Waals surface area contributed by atoms with Gasteiger partial charge in [-0.25, -0.2) is 0 Å². The van der Waals surface area contributed by atoms with Gasteiger partial charge in [0, 0.05) is 0 Å². The zero-order chi connectivity index (χ0) is 9.70. The maximum atomic E-state index is 8.81. The van der Waals surface area contributed by atoms with Crippen molar-refractivity contribution in [1.29, 1.82) is 0 Å². The minimum atomic E-state index is -1.50. The van der Waals surface area contributed by atoms with E-state index in [2.05, 4.69) is 0 Å². The second-order valence-corrected chi connectivity index (χ2v) is 0.746. The molecule has 64 valence electrons. The first-order valence-electron chi connectivity index (χ1n) is 2.18. The van der Waals surface area contributed by atoms with Crippen molar-refractivity contribution in [2.75, 3.05) is 0 Å². The first-order chi connectivity index (χ1) is 5.06. The second kappa shape index (κ2) is 24.1. The number of hydrogen-bond acceptors (Lipinski definition) is 5. The second-order valence-electron chi connectivity index (χ2n) is 0.746. The van der Waals surface area contributed by atoms with E-state index in [9.17, 15) is 0 Å². The van der Waals surface area contributed by atoms with Crippen molar-refractivity contribution in [3.63, 3.8) is 0 Å². The SMILES string of the molecule is CC=O.O=CC=O.O=[N+]([O-])O. The lowest BCUT2D eigenvalue weighted by Gasteiger charge is -1.56. The van der Waals surface area contributed by atoms with E-state index in [1.165, 1.54) is 6.92 Å². The molecule has 11 heavy (non-hydrogen) atoms. The van der Waals surface area contributed by atoms with Crippen LogP contribution < -0.4 is 0 Å². The molecule has 0 spiro atoms. The number of carbonyl (C=O) groups excluding carboxylic acids is 3. The Bertz CT molecular complexity index is 112. The topological polar surface area (TPSA) is 115 Å². The predicted octanol–water partition coefficient (Wildman–Crippen LogP) is -0.758. The van der Waals surface area contributed by atoms with Gasteiger partial charge in [0.05, 0.1) is 0 Å². The molecular formula is C4H7NO6. The maximum absolute atomic E-state index is 8.81. The average Bonchev–Trinajstić information content (AvgIpc) is 1.88. The Labute approximate surface area is 61.7 Å². The molecule has 0 fully saturated rings. The quantitative estimate of drug-likeness (QED) is 0.236. The summed E-state index contributed by atoms with van der Waals surface area (Å²) in [5, 5.41) is 13.6. The molecule has 0 heterocycles. The van der Waals surface area contributed by atoms with E-state index in [4.69, 9.17) is 29.7 Å². The summed E-state index contributed by atoms with van der Waals surface area (Å²) < 4.78 is 0. The van der Waals surface area contributed by atoms with Gasteiger partial charge in [0.15, 0.2) is 12.6 Å². The Morgan fingerprint density at radius 1 is 1.27 bits per heavy atom. The number of rotatable bonds is 1. The van der Waals surface area contributed by atoms with E-state index in [1.807, 2.05) is 0 Å². The van der Waals surface area contributed by atoms with Gasteiger partial charge in [-0.1, -0.05) is 0 Å². The van der Waals surface area contributed by atoms with Crippen LogP contribution in [0.15, 0.2) is 0 Å². The van der Waals surface area contributed by atoms with Crippen LogP contribution in [-0.2, 0) is 14.4 Å². The number of hydrogen-bond donors (Lipinski definition) is 1. The Balaban J connectivity index is -0.0000000886. The van der Waals surface area contributed by atoms with Crippen LogP contribution in [0.1, 0.15) is 6.92 Å². The molecule has 0 aromatic rings. The van der Waals surface area contributed by atoms with E-state index >= 15 is 0 Å². The van der Waals surface area contributed by atoms with Gasteiger partial charge in [-0.05, 0) is 6.92 Å². The summed E-state index contributed by atoms with van der Waals surface area (Å²) in [5.41, 5.74) is 0. The van der Waals surface area contributed by atoms with Gasteiger partial charge in [0.25, 0.3) is 5.09 Å². The lowest BCUT2D eigenvalue weighted by molar-refractivity contribution is -0.742. The third-order valence-electron chi connectivity index (χ3n) is 0.0556. The predicted molar refractivity (Wildman–Crippen MR) is 32.6 cm³/mol. The lowest BCUT2D eigenvalue weighted by Crippen LogP contribution is -1.81. The minimum Gasteiger partial charge on any atom is -0.328 e. The smallest absolute Gasteiger partial charge is 0.291 e. The fraction of sp³-hybridized carbons (Fsp3) is 0.250. The monoisotopic (exact) mass is 165 g/mol. The van der Waals surface area contributed by atoms with Gasteiger partial charge < -0.3 is 10.0 Å². The average molecular weight is 165 g/mol. The van der Waals surface area contributed by atoms with Crippen LogP contribution >= 0.6 is 0 Å². The highest BCUT2D eigenvalue weighted by atomic mass is 16.9. The van der Waals surface area contributed by atoms with Crippen molar-refractivity contribution in [3.05, 3.63) is 10.1 Å². The molecular weight excluding hydrogens is 158 g/mol. The van der Waals surface area contributed by atoms with Gasteiger partial charge in [-0.2, -0.15) is 0 Å². The highest BCUT2D eigenvalue weighted by Gasteiger charge is 1.65. The van der Waals surface area contributed by atoms with Gasteiger partial charge in [0.1, 0.15) is 6.29 Å². The summed E-state index contributed by atoms with van der Waals surface area (Å²) in [5.74, 6) is 0.